The molecular weight excluding hydrogens is 224 g/mol. The summed E-state index contributed by atoms with van der Waals surface area (Å²) in [6, 6.07) is 6.34. The van der Waals surface area contributed by atoms with Gasteiger partial charge < -0.3 is 15.4 Å². The fraction of sp³-hybridized carbons (Fsp3) is 0.600. The van der Waals surface area contributed by atoms with Gasteiger partial charge in [-0.15, -0.1) is 0 Å². The first-order valence-electron chi connectivity index (χ1n) is 6.69. The van der Waals surface area contributed by atoms with Gasteiger partial charge in [-0.1, -0.05) is 24.1 Å². The van der Waals surface area contributed by atoms with Gasteiger partial charge >= 0.3 is 0 Å². The van der Waals surface area contributed by atoms with E-state index >= 15 is 0 Å². The first kappa shape index (κ1) is 15.0. The lowest BCUT2D eigenvalue weighted by atomic mass is 10.1. The Balaban J connectivity index is 2.47. The van der Waals surface area contributed by atoms with Crippen molar-refractivity contribution in [2.45, 2.75) is 32.7 Å². The molecule has 0 heterocycles. The average molecular weight is 250 g/mol. The van der Waals surface area contributed by atoms with Crippen molar-refractivity contribution in [3.63, 3.8) is 0 Å². The SMILES string of the molecule is COc1ccc(C)cc1CN(C)CCCCCN. The molecule has 1 aromatic rings. The Kier molecular flexibility index (Phi) is 6.76. The lowest BCUT2D eigenvalue weighted by Crippen LogP contribution is -2.19. The number of methoxy groups -OCH3 is 1. The Hall–Kier alpha value is -1.06. The standard InChI is InChI=1S/C15H26N2O/c1-13-7-8-15(18-3)14(11-13)12-17(2)10-6-4-5-9-16/h7-8,11H,4-6,9-10,12,16H2,1-3H3. The maximum absolute atomic E-state index is 5.49. The molecule has 0 fully saturated rings. The molecule has 0 aliphatic rings. The lowest BCUT2D eigenvalue weighted by molar-refractivity contribution is 0.309. The number of ether oxygens (including phenoxy) is 1. The zero-order valence-electron chi connectivity index (χ0n) is 11.9. The van der Waals surface area contributed by atoms with Crippen molar-refractivity contribution in [3.8, 4) is 5.75 Å². The molecule has 0 aliphatic carbocycles. The van der Waals surface area contributed by atoms with Crippen molar-refractivity contribution in [1.82, 2.24) is 4.90 Å². The largest absolute Gasteiger partial charge is 0.496 e. The number of unbranched alkanes of at least 4 members (excludes halogenated alkanes) is 2. The first-order chi connectivity index (χ1) is 8.67. The van der Waals surface area contributed by atoms with Gasteiger partial charge in [0, 0.05) is 12.1 Å². The summed E-state index contributed by atoms with van der Waals surface area (Å²) in [7, 11) is 3.89. The number of hydrogen-bond acceptors (Lipinski definition) is 3. The zero-order valence-corrected chi connectivity index (χ0v) is 11.9. The number of benzene rings is 1. The Morgan fingerprint density at radius 3 is 2.67 bits per heavy atom. The van der Waals surface area contributed by atoms with Gasteiger partial charge in [0.05, 0.1) is 7.11 Å². The third-order valence-corrected chi connectivity index (χ3v) is 3.12. The zero-order chi connectivity index (χ0) is 13.4. The normalized spacial score (nSPS) is 10.9. The van der Waals surface area contributed by atoms with Crippen LogP contribution in [0.2, 0.25) is 0 Å². The van der Waals surface area contributed by atoms with E-state index < -0.39 is 0 Å². The highest BCUT2D eigenvalue weighted by atomic mass is 16.5. The Morgan fingerprint density at radius 1 is 1.22 bits per heavy atom. The lowest BCUT2D eigenvalue weighted by Gasteiger charge is -2.18. The molecule has 0 amide bonds. The van der Waals surface area contributed by atoms with Crippen LogP contribution in [-0.2, 0) is 6.54 Å². The summed E-state index contributed by atoms with van der Waals surface area (Å²) < 4.78 is 5.40. The van der Waals surface area contributed by atoms with Crippen molar-refractivity contribution >= 4 is 0 Å². The van der Waals surface area contributed by atoms with Crippen LogP contribution in [0.25, 0.3) is 0 Å². The number of nitrogens with zero attached hydrogens (tertiary/aromatic N) is 1. The van der Waals surface area contributed by atoms with Crippen LogP contribution in [0.4, 0.5) is 0 Å². The summed E-state index contributed by atoms with van der Waals surface area (Å²) in [5, 5.41) is 0. The molecule has 0 aromatic heterocycles. The third-order valence-electron chi connectivity index (χ3n) is 3.12. The molecule has 0 spiro atoms. The minimum atomic E-state index is 0.801. The van der Waals surface area contributed by atoms with Crippen molar-refractivity contribution < 1.29 is 4.74 Å². The second kappa shape index (κ2) is 8.11. The van der Waals surface area contributed by atoms with Crippen LogP contribution >= 0.6 is 0 Å². The van der Waals surface area contributed by atoms with Gasteiger partial charge in [-0.3, -0.25) is 0 Å². The van der Waals surface area contributed by atoms with E-state index in [1.54, 1.807) is 7.11 Å². The molecule has 0 aliphatic heterocycles. The summed E-state index contributed by atoms with van der Waals surface area (Å²) in [4.78, 5) is 2.34. The van der Waals surface area contributed by atoms with Crippen LogP contribution in [0, 0.1) is 6.92 Å². The molecule has 0 atom stereocenters. The van der Waals surface area contributed by atoms with Crippen LogP contribution < -0.4 is 10.5 Å². The summed E-state index contributed by atoms with van der Waals surface area (Å²) in [5.74, 6) is 0.981. The van der Waals surface area contributed by atoms with Gasteiger partial charge in [-0.25, -0.2) is 0 Å². The highest BCUT2D eigenvalue weighted by Gasteiger charge is 2.06. The van der Waals surface area contributed by atoms with E-state index in [-0.39, 0.29) is 0 Å². The Bertz CT molecular complexity index is 352. The summed E-state index contributed by atoms with van der Waals surface area (Å²) >= 11 is 0. The van der Waals surface area contributed by atoms with Crippen LogP contribution in [0.5, 0.6) is 5.75 Å². The predicted octanol–water partition coefficient (Wildman–Crippen LogP) is 2.56. The molecule has 1 aromatic carbocycles. The minimum absolute atomic E-state index is 0.801. The van der Waals surface area contributed by atoms with Crippen LogP contribution in [0.1, 0.15) is 30.4 Å². The van der Waals surface area contributed by atoms with Crippen molar-refractivity contribution in [3.05, 3.63) is 29.3 Å². The molecule has 3 nitrogen and oxygen atoms in total. The molecular formula is C15H26N2O. The second-order valence-electron chi connectivity index (χ2n) is 4.90. The summed E-state index contributed by atoms with van der Waals surface area (Å²) in [6.45, 7) is 4.96. The Morgan fingerprint density at radius 2 is 2.00 bits per heavy atom. The summed E-state index contributed by atoms with van der Waals surface area (Å²) in [6.07, 6.45) is 3.55. The van der Waals surface area contributed by atoms with E-state index in [1.807, 2.05) is 6.07 Å². The highest BCUT2D eigenvalue weighted by molar-refractivity contribution is 5.36. The van der Waals surface area contributed by atoms with E-state index in [0.717, 1.165) is 31.8 Å². The number of aryl methyl sites for hydroxylation is 1. The molecule has 2 N–H and O–H groups in total. The molecule has 1 rings (SSSR count). The number of hydrogen-bond donors (Lipinski definition) is 1. The number of nitrogens with two attached hydrogens (primary N) is 1. The Labute approximate surface area is 111 Å². The fourth-order valence-corrected chi connectivity index (χ4v) is 2.10. The van der Waals surface area contributed by atoms with E-state index in [1.165, 1.54) is 24.0 Å². The third kappa shape index (κ3) is 5.07. The van der Waals surface area contributed by atoms with Crippen LogP contribution in [0.3, 0.4) is 0 Å². The second-order valence-corrected chi connectivity index (χ2v) is 4.90. The van der Waals surface area contributed by atoms with Gasteiger partial charge in [0.2, 0.25) is 0 Å². The monoisotopic (exact) mass is 250 g/mol. The van der Waals surface area contributed by atoms with Gasteiger partial charge in [0.15, 0.2) is 0 Å². The molecule has 0 unspecified atom stereocenters. The average Bonchev–Trinajstić information content (AvgIpc) is 2.35. The predicted molar refractivity (Wildman–Crippen MR) is 77.0 cm³/mol. The first-order valence-corrected chi connectivity index (χ1v) is 6.69. The van der Waals surface area contributed by atoms with E-state index in [9.17, 15) is 0 Å². The van der Waals surface area contributed by atoms with Gasteiger partial charge in [0.1, 0.15) is 5.75 Å². The smallest absolute Gasteiger partial charge is 0.123 e. The maximum atomic E-state index is 5.49. The fourth-order valence-electron chi connectivity index (χ4n) is 2.10. The van der Waals surface area contributed by atoms with E-state index in [4.69, 9.17) is 10.5 Å². The van der Waals surface area contributed by atoms with Crippen LogP contribution in [-0.4, -0.2) is 32.1 Å². The molecule has 0 saturated heterocycles. The van der Waals surface area contributed by atoms with E-state index in [0.29, 0.717) is 0 Å². The van der Waals surface area contributed by atoms with Gasteiger partial charge in [0.25, 0.3) is 0 Å². The minimum Gasteiger partial charge on any atom is -0.496 e. The maximum Gasteiger partial charge on any atom is 0.123 e. The quantitative estimate of drug-likeness (QED) is 0.721. The van der Waals surface area contributed by atoms with Gasteiger partial charge in [-0.05, 0) is 46.0 Å². The molecule has 0 bridgehead atoms. The molecule has 0 radical (unpaired) electrons. The number of rotatable bonds is 8. The summed E-state index contributed by atoms with van der Waals surface area (Å²) in [5.41, 5.74) is 8.04. The van der Waals surface area contributed by atoms with Gasteiger partial charge in [-0.2, -0.15) is 0 Å². The molecule has 102 valence electrons. The molecule has 3 heteroatoms. The highest BCUT2D eigenvalue weighted by Crippen LogP contribution is 2.21. The topological polar surface area (TPSA) is 38.5 Å². The van der Waals surface area contributed by atoms with Crippen LogP contribution in [0.15, 0.2) is 18.2 Å². The van der Waals surface area contributed by atoms with E-state index in [2.05, 4.69) is 31.0 Å². The molecule has 0 saturated carbocycles. The molecule has 18 heavy (non-hydrogen) atoms. The van der Waals surface area contributed by atoms with Crippen molar-refractivity contribution in [2.24, 2.45) is 5.73 Å². The van der Waals surface area contributed by atoms with Crippen molar-refractivity contribution in [2.75, 3.05) is 27.2 Å². The van der Waals surface area contributed by atoms with Crippen molar-refractivity contribution in [1.29, 1.82) is 0 Å².